The number of hydrazine groups is 1. The predicted octanol–water partition coefficient (Wildman–Crippen LogP) is 6.31. The summed E-state index contributed by atoms with van der Waals surface area (Å²) in [5, 5.41) is 25.4. The molecule has 0 amide bonds. The number of aromatic nitrogens is 5. The Labute approximate surface area is 441 Å². The van der Waals surface area contributed by atoms with Crippen LogP contribution in [0.5, 0.6) is 5.75 Å². The molecule has 0 bridgehead atoms. The largest absolute Gasteiger partial charge is 0.485 e. The van der Waals surface area contributed by atoms with Crippen LogP contribution >= 0.6 is 0 Å². The second-order valence-electron chi connectivity index (χ2n) is 14.3. The number of hydrogen-bond donors (Lipinski definition) is 3. The number of piperidine rings is 1. The number of nitro groups is 1. The van der Waals surface area contributed by atoms with Crippen LogP contribution in [0.4, 0.5) is 5.82 Å². The lowest BCUT2D eigenvalue weighted by Gasteiger charge is -2.41. The van der Waals surface area contributed by atoms with E-state index in [2.05, 4.69) is 197 Å². The number of ether oxygens (including phenoxy) is 1. The van der Waals surface area contributed by atoms with Crippen molar-refractivity contribution >= 4 is 27.8 Å². The van der Waals surface area contributed by atoms with Crippen LogP contribution in [0.3, 0.4) is 0 Å². The Hall–Kier alpha value is -11.8. The summed E-state index contributed by atoms with van der Waals surface area (Å²) in [5.41, 5.74) is 11.7. The van der Waals surface area contributed by atoms with Crippen LogP contribution < -0.4 is 32.3 Å². The Balaban J connectivity index is -0.000000293. The van der Waals surface area contributed by atoms with Gasteiger partial charge in [-0.3, -0.25) is 4.79 Å². The standard InChI is InChI=1S/C28H27N7O2.C28H6.H3N7O2.10H2/c1-17-25(34-14-11-28(12-15-34)24(29)20-6-3-4-9-23(20)37-28)32-21-16-30-35(26(21)31-17)22-8-5-7-19-18(22)10-13-33(2)27(19)36;1-3-5-7-9-11-13-15-17-19-21-23-25-27-28-26-24-22-20-18-16-14-12-10-8-6-4-2;1-2-3-4-5-6-7(8)9;;;;;;;;;;/h3-10,13,16,24H,11-12,14-15,29H2,1-2H3;1-2H3;(H2,1,3,5)(H,2,4,6);10*1H/t24-;;;;;;;;;;;;/m1............/s1. The first-order valence-electron chi connectivity index (χ1n) is 21.5. The molecule has 374 valence electrons. The number of benzene rings is 2. The van der Waals surface area contributed by atoms with Crippen molar-refractivity contribution in [2.75, 3.05) is 18.0 Å². The fraction of sp³-hybridized carbons (Fsp3) is 0.179. The van der Waals surface area contributed by atoms with Crippen LogP contribution in [0.2, 0.25) is 0 Å². The van der Waals surface area contributed by atoms with Gasteiger partial charge in [-0.25, -0.2) is 14.6 Å². The molecule has 1 atom stereocenters. The minimum atomic E-state index is -0.907. The van der Waals surface area contributed by atoms with E-state index in [1.807, 2.05) is 49.4 Å². The summed E-state index contributed by atoms with van der Waals surface area (Å²) in [7, 11) is 1.75. The zero-order valence-corrected chi connectivity index (χ0v) is 39.9. The molecule has 18 nitrogen and oxygen atoms in total. The molecule has 74 heavy (non-hydrogen) atoms. The Bertz CT molecular complexity index is 3940. The molecule has 1 saturated heterocycles. The fourth-order valence-corrected chi connectivity index (χ4v) is 6.76. The third-order valence-corrected chi connectivity index (χ3v) is 9.87. The molecule has 2 aliphatic heterocycles. The van der Waals surface area contributed by atoms with E-state index in [4.69, 9.17) is 20.4 Å². The molecule has 0 saturated carbocycles. The predicted molar refractivity (Wildman–Crippen MR) is 300 cm³/mol. The highest BCUT2D eigenvalue weighted by molar-refractivity contribution is 5.91. The molecule has 18 heteroatoms. The fourth-order valence-electron chi connectivity index (χ4n) is 6.76. The van der Waals surface area contributed by atoms with Crippen molar-refractivity contribution in [2.24, 2.45) is 39.5 Å². The highest BCUT2D eigenvalue weighted by Crippen LogP contribution is 2.47. The highest BCUT2D eigenvalue weighted by atomic mass is 16.7. The van der Waals surface area contributed by atoms with Gasteiger partial charge in [-0.05, 0) is 140 Å². The number of pyridine rings is 1. The first kappa shape index (κ1) is 53.2. The molecular weight excluding hydrogens is 933 g/mol. The molecule has 0 unspecified atom stereocenters. The minimum Gasteiger partial charge on any atom is -0.485 e. The van der Waals surface area contributed by atoms with Crippen LogP contribution in [0.15, 0.2) is 86.6 Å². The van der Waals surface area contributed by atoms with Gasteiger partial charge in [-0.2, -0.15) is 5.10 Å². The molecule has 7 rings (SSSR count). The van der Waals surface area contributed by atoms with Gasteiger partial charge in [0.2, 0.25) is 0 Å². The maximum absolute atomic E-state index is 12.6. The maximum Gasteiger partial charge on any atom is 0.258 e. The molecule has 1 fully saturated rings. The normalized spacial score (nSPS) is 12.0. The van der Waals surface area contributed by atoms with E-state index in [9.17, 15) is 14.9 Å². The lowest BCUT2D eigenvalue weighted by molar-refractivity contribution is -0.546. The summed E-state index contributed by atoms with van der Waals surface area (Å²) >= 11 is 0. The quantitative estimate of drug-likeness (QED) is 0.0580. The van der Waals surface area contributed by atoms with Gasteiger partial charge < -0.3 is 35.9 Å². The number of nitrogens with zero attached hydrogens (tertiary/aromatic N) is 11. The summed E-state index contributed by atoms with van der Waals surface area (Å²) in [6.07, 6.45) is 5.14. The van der Waals surface area contributed by atoms with Crippen LogP contribution in [-0.4, -0.2) is 48.0 Å². The van der Waals surface area contributed by atoms with E-state index in [1.165, 1.54) is 5.53 Å². The van der Waals surface area contributed by atoms with Crippen molar-refractivity contribution in [3.8, 4) is 165 Å². The summed E-state index contributed by atoms with van der Waals surface area (Å²) in [6.45, 7) is 6.94. The lowest BCUT2D eigenvalue weighted by atomic mass is 9.83. The molecule has 5 heterocycles. The van der Waals surface area contributed by atoms with Gasteiger partial charge in [-0.15, -0.1) is 0 Å². The zero-order chi connectivity index (χ0) is 52.8. The number of aryl methyl sites for hydroxylation is 2. The number of hydrogen-bond acceptors (Lipinski definition) is 11. The van der Waals surface area contributed by atoms with Gasteiger partial charge in [0, 0.05) is 128 Å². The van der Waals surface area contributed by atoms with Crippen molar-refractivity contribution in [1.82, 2.24) is 29.9 Å². The topological polar surface area (TPSA) is 235 Å². The van der Waals surface area contributed by atoms with E-state index in [0.717, 1.165) is 59.8 Å². The minimum absolute atomic E-state index is 0. The number of nitrogens with two attached hydrogens (primary N) is 2. The lowest BCUT2D eigenvalue weighted by Crippen LogP contribution is -2.51. The Kier molecular flexibility index (Phi) is 20.5. The molecule has 1 spiro atoms. The molecule has 5 aromatic rings. The third-order valence-electron chi connectivity index (χ3n) is 9.87. The van der Waals surface area contributed by atoms with Crippen molar-refractivity contribution in [3.05, 3.63) is 92.7 Å². The first-order chi connectivity index (χ1) is 36.1. The van der Waals surface area contributed by atoms with Gasteiger partial charge in [0.05, 0.1) is 28.7 Å². The van der Waals surface area contributed by atoms with E-state index in [1.54, 1.807) is 42.5 Å². The van der Waals surface area contributed by atoms with Crippen LogP contribution in [0.25, 0.3) is 27.6 Å². The average Bonchev–Trinajstić information content (AvgIpc) is 3.94. The molecule has 5 N–H and O–H groups in total. The van der Waals surface area contributed by atoms with Crippen molar-refractivity contribution in [1.29, 1.82) is 0 Å². The number of nitrogens with one attached hydrogen (secondary N) is 1. The molecule has 3 aromatic heterocycles. The summed E-state index contributed by atoms with van der Waals surface area (Å²) in [4.78, 5) is 34.2. The molecule has 2 aliphatic rings. The molecular formula is C56H56N14O4. The SMILES string of the molecule is CC#CC#CC#CC#CC#CC#CC#CC#CC#CC#CC#CC#CC#CC.Cc1nc2c(cnn2-c2cccc3c(=O)n(C)ccc23)nc1N1CCC2(CC1)Oc1ccccc1[C@H]2N.NN=NN=NN[N+](=O)[O-].[HH].[HH].[HH].[HH].[HH].[HH].[HH].[HH].[HH].[HH]. The highest BCUT2D eigenvalue weighted by Gasteiger charge is 2.48. The van der Waals surface area contributed by atoms with Gasteiger partial charge in [0.15, 0.2) is 16.7 Å². The monoisotopic (exact) mass is 988 g/mol. The zero-order valence-electron chi connectivity index (χ0n) is 39.9. The van der Waals surface area contributed by atoms with Crippen molar-refractivity contribution in [2.45, 2.75) is 45.3 Å². The maximum atomic E-state index is 12.6. The van der Waals surface area contributed by atoms with Crippen molar-refractivity contribution in [3.63, 3.8) is 0 Å². The number of para-hydroxylation sites is 1. The first-order valence-corrected chi connectivity index (χ1v) is 21.5. The summed E-state index contributed by atoms with van der Waals surface area (Å²) < 4.78 is 9.76. The second-order valence-corrected chi connectivity index (χ2v) is 14.3. The molecule has 0 aliphatic carbocycles. The number of anilines is 1. The van der Waals surface area contributed by atoms with Gasteiger partial charge >= 0.3 is 0 Å². The Morgan fingerprint density at radius 2 is 1.27 bits per heavy atom. The Morgan fingerprint density at radius 3 is 1.77 bits per heavy atom. The smallest absolute Gasteiger partial charge is 0.258 e. The van der Waals surface area contributed by atoms with E-state index < -0.39 is 5.03 Å². The van der Waals surface area contributed by atoms with E-state index in [-0.39, 0.29) is 31.5 Å². The Morgan fingerprint density at radius 1 is 0.743 bits per heavy atom. The van der Waals surface area contributed by atoms with Gasteiger partial charge in [-0.1, -0.05) is 41.3 Å². The van der Waals surface area contributed by atoms with Crippen LogP contribution in [-0.2, 0) is 7.05 Å². The third kappa shape index (κ3) is 15.4. The van der Waals surface area contributed by atoms with Gasteiger partial charge in [0.1, 0.15) is 22.1 Å². The second kappa shape index (κ2) is 28.5. The summed E-state index contributed by atoms with van der Waals surface area (Å²) in [6, 6.07) is 15.5. The van der Waals surface area contributed by atoms with Crippen molar-refractivity contribution < 1.29 is 24.0 Å². The van der Waals surface area contributed by atoms with E-state index in [0.29, 0.717) is 16.6 Å². The van der Waals surface area contributed by atoms with Crippen LogP contribution in [0, 0.1) is 171 Å². The number of fused-ring (bicyclic) bond motifs is 3. The summed E-state index contributed by atoms with van der Waals surface area (Å²) in [5.74, 6) is 71.8. The molecule has 2 aromatic carbocycles. The van der Waals surface area contributed by atoms with Gasteiger partial charge in [0.25, 0.3) is 5.56 Å². The average molecular weight is 989 g/mol. The number of rotatable bonds is 5. The molecule has 0 radical (unpaired) electrons. The van der Waals surface area contributed by atoms with Crippen LogP contribution in [0.1, 0.15) is 58.3 Å². The van der Waals surface area contributed by atoms with E-state index >= 15 is 0 Å².